The highest BCUT2D eigenvalue weighted by molar-refractivity contribution is 7.92. The van der Waals surface area contributed by atoms with Crippen LogP contribution < -0.4 is 14.4 Å². The third kappa shape index (κ3) is 8.43. The Morgan fingerprint density at radius 1 is 0.977 bits per heavy atom. The number of carbonyl (C=O) groups excluding carboxylic acids is 2. The molecule has 0 aliphatic heterocycles. The Morgan fingerprint density at radius 2 is 1.63 bits per heavy atom. The predicted molar refractivity (Wildman–Crippen MR) is 170 cm³/mol. The van der Waals surface area contributed by atoms with E-state index < -0.39 is 28.5 Å². The van der Waals surface area contributed by atoms with Gasteiger partial charge in [0.15, 0.2) is 0 Å². The van der Waals surface area contributed by atoms with Gasteiger partial charge < -0.3 is 15.0 Å². The van der Waals surface area contributed by atoms with Gasteiger partial charge in [0.25, 0.3) is 10.0 Å². The summed E-state index contributed by atoms with van der Waals surface area (Å²) in [5, 5.41) is 3.53. The monoisotopic (exact) mass is 645 g/mol. The highest BCUT2D eigenvalue weighted by Gasteiger charge is 2.33. The van der Waals surface area contributed by atoms with E-state index in [0.717, 1.165) is 47.5 Å². The lowest BCUT2D eigenvalue weighted by Crippen LogP contribution is -2.53. The van der Waals surface area contributed by atoms with Gasteiger partial charge in [-0.1, -0.05) is 72.3 Å². The van der Waals surface area contributed by atoms with E-state index in [2.05, 4.69) is 5.32 Å². The molecule has 3 aromatic rings. The minimum atomic E-state index is -4.24. The number of amides is 2. The number of nitrogens with one attached hydrogen (secondary N) is 1. The van der Waals surface area contributed by atoms with Crippen molar-refractivity contribution < 1.29 is 22.7 Å². The van der Waals surface area contributed by atoms with Crippen LogP contribution in [0.2, 0.25) is 10.0 Å². The lowest BCUT2D eigenvalue weighted by atomic mass is 9.95. The van der Waals surface area contributed by atoms with Gasteiger partial charge in [-0.15, -0.1) is 0 Å². The number of methoxy groups -OCH3 is 1. The molecule has 0 aromatic heterocycles. The number of benzene rings is 3. The number of hydrogen-bond donors (Lipinski definition) is 1. The number of ether oxygens (including phenoxy) is 1. The highest BCUT2D eigenvalue weighted by atomic mass is 35.5. The third-order valence-corrected chi connectivity index (χ3v) is 9.85. The van der Waals surface area contributed by atoms with Crippen molar-refractivity contribution in [2.24, 2.45) is 0 Å². The second kappa shape index (κ2) is 14.5. The molecule has 0 saturated heterocycles. The van der Waals surface area contributed by atoms with Gasteiger partial charge >= 0.3 is 0 Å². The molecule has 11 heteroatoms. The van der Waals surface area contributed by atoms with E-state index >= 15 is 0 Å². The van der Waals surface area contributed by atoms with Crippen LogP contribution in [0.3, 0.4) is 0 Å². The van der Waals surface area contributed by atoms with E-state index in [9.17, 15) is 18.0 Å². The Kier molecular flexibility index (Phi) is 11.0. The number of nitrogens with zero attached hydrogens (tertiary/aromatic N) is 2. The maximum atomic E-state index is 14.2. The van der Waals surface area contributed by atoms with E-state index in [0.29, 0.717) is 5.75 Å². The summed E-state index contributed by atoms with van der Waals surface area (Å²) in [7, 11) is -2.69. The van der Waals surface area contributed by atoms with E-state index in [1.54, 1.807) is 44.4 Å². The molecule has 43 heavy (non-hydrogen) atoms. The minimum Gasteiger partial charge on any atom is -0.497 e. The smallest absolute Gasteiger partial charge is 0.264 e. The van der Waals surface area contributed by atoms with Crippen molar-refractivity contribution in [3.63, 3.8) is 0 Å². The minimum absolute atomic E-state index is 0.00411. The summed E-state index contributed by atoms with van der Waals surface area (Å²) in [5.74, 6) is -0.260. The SMILES string of the molecule is COc1cccc(CN(C(=O)CN(c2cc(Cl)cc(Cl)c2)S(=O)(=O)c2ccc(C)cc2)[C@H](C)C(=O)NC2CCCCC2)c1. The predicted octanol–water partition coefficient (Wildman–Crippen LogP) is 6.37. The van der Waals surface area contributed by atoms with Crippen LogP contribution in [0.4, 0.5) is 5.69 Å². The van der Waals surface area contributed by atoms with Crippen molar-refractivity contribution in [2.75, 3.05) is 18.0 Å². The second-order valence-electron chi connectivity index (χ2n) is 10.8. The maximum absolute atomic E-state index is 14.2. The Bertz CT molecular complexity index is 1520. The van der Waals surface area contributed by atoms with E-state index in [4.69, 9.17) is 27.9 Å². The average Bonchev–Trinajstić information content (AvgIpc) is 2.98. The molecule has 0 unspecified atom stereocenters. The number of anilines is 1. The van der Waals surface area contributed by atoms with Crippen molar-refractivity contribution >= 4 is 50.7 Å². The molecule has 4 rings (SSSR count). The molecule has 2 amide bonds. The molecule has 0 bridgehead atoms. The molecule has 1 atom stereocenters. The molecule has 0 spiro atoms. The molecule has 0 radical (unpaired) electrons. The van der Waals surface area contributed by atoms with Gasteiger partial charge in [0.05, 0.1) is 17.7 Å². The summed E-state index contributed by atoms with van der Waals surface area (Å²) in [6, 6.07) is 17.1. The molecular formula is C32H37Cl2N3O5S. The van der Waals surface area contributed by atoms with Gasteiger partial charge in [0.2, 0.25) is 11.8 Å². The van der Waals surface area contributed by atoms with E-state index in [-0.39, 0.29) is 39.1 Å². The molecule has 230 valence electrons. The van der Waals surface area contributed by atoms with Crippen LogP contribution in [0.25, 0.3) is 0 Å². The second-order valence-corrected chi connectivity index (χ2v) is 13.6. The molecule has 1 fully saturated rings. The van der Waals surface area contributed by atoms with Crippen LogP contribution in [0.5, 0.6) is 5.75 Å². The number of hydrogen-bond acceptors (Lipinski definition) is 5. The summed E-state index contributed by atoms with van der Waals surface area (Å²) in [6.45, 7) is 2.98. The Morgan fingerprint density at radius 3 is 2.26 bits per heavy atom. The molecule has 1 aliphatic carbocycles. The van der Waals surface area contributed by atoms with Crippen LogP contribution in [0, 0.1) is 6.92 Å². The summed E-state index contributed by atoms with van der Waals surface area (Å²) < 4.78 is 34.4. The summed E-state index contributed by atoms with van der Waals surface area (Å²) in [6.07, 6.45) is 5.00. The first kappa shape index (κ1) is 32.6. The van der Waals surface area contributed by atoms with Gasteiger partial charge in [0, 0.05) is 22.6 Å². The van der Waals surface area contributed by atoms with Gasteiger partial charge in [0.1, 0.15) is 18.3 Å². The zero-order valence-corrected chi connectivity index (χ0v) is 26.9. The number of rotatable bonds is 11. The van der Waals surface area contributed by atoms with Gasteiger partial charge in [-0.05, 0) is 74.7 Å². The molecule has 1 aliphatic rings. The van der Waals surface area contributed by atoms with Gasteiger partial charge in [-0.3, -0.25) is 13.9 Å². The van der Waals surface area contributed by atoms with Crippen LogP contribution in [-0.2, 0) is 26.2 Å². The molecule has 1 N–H and O–H groups in total. The van der Waals surface area contributed by atoms with Crippen LogP contribution >= 0.6 is 23.2 Å². The first-order valence-electron chi connectivity index (χ1n) is 14.3. The lowest BCUT2D eigenvalue weighted by Gasteiger charge is -2.33. The standard InChI is InChI=1S/C32H37Cl2N3O5S/c1-22-12-14-30(15-13-22)43(40,41)37(28-18-25(33)17-26(34)19-28)21-31(38)36(20-24-8-7-11-29(16-24)42-3)23(2)32(39)35-27-9-5-4-6-10-27/h7-8,11-19,23,27H,4-6,9-10,20-21H2,1-3H3,(H,35,39)/t23-/m1/s1. The third-order valence-electron chi connectivity index (χ3n) is 7.63. The number of carbonyl (C=O) groups is 2. The average molecular weight is 647 g/mol. The first-order valence-corrected chi connectivity index (χ1v) is 16.5. The highest BCUT2D eigenvalue weighted by Crippen LogP contribution is 2.30. The fraction of sp³-hybridized carbons (Fsp3) is 0.375. The summed E-state index contributed by atoms with van der Waals surface area (Å²) >= 11 is 12.5. The Balaban J connectivity index is 1.71. The molecule has 3 aromatic carbocycles. The largest absolute Gasteiger partial charge is 0.497 e. The Hall–Kier alpha value is -3.27. The zero-order chi connectivity index (χ0) is 31.1. The van der Waals surface area contributed by atoms with Crippen LogP contribution in [-0.4, -0.2) is 50.9 Å². The van der Waals surface area contributed by atoms with Gasteiger partial charge in [-0.25, -0.2) is 8.42 Å². The van der Waals surface area contributed by atoms with Crippen LogP contribution in [0.1, 0.15) is 50.2 Å². The topological polar surface area (TPSA) is 96.0 Å². The Labute approximate surface area is 264 Å². The zero-order valence-electron chi connectivity index (χ0n) is 24.6. The fourth-order valence-electron chi connectivity index (χ4n) is 5.17. The van der Waals surface area contributed by atoms with Crippen molar-refractivity contribution in [3.05, 3.63) is 87.9 Å². The lowest BCUT2D eigenvalue weighted by molar-refractivity contribution is -0.139. The van der Waals surface area contributed by atoms with Crippen molar-refractivity contribution in [1.82, 2.24) is 10.2 Å². The number of halogens is 2. The normalized spacial score (nSPS) is 14.5. The fourth-order valence-corrected chi connectivity index (χ4v) is 7.08. The molecule has 0 heterocycles. The maximum Gasteiger partial charge on any atom is 0.264 e. The number of aryl methyl sites for hydroxylation is 1. The van der Waals surface area contributed by atoms with E-state index in [1.165, 1.54) is 35.2 Å². The molecular weight excluding hydrogens is 609 g/mol. The summed E-state index contributed by atoms with van der Waals surface area (Å²) in [4.78, 5) is 29.0. The van der Waals surface area contributed by atoms with Gasteiger partial charge in [-0.2, -0.15) is 0 Å². The van der Waals surface area contributed by atoms with E-state index in [1.807, 2.05) is 13.0 Å². The van der Waals surface area contributed by atoms with Crippen LogP contribution in [0.15, 0.2) is 71.6 Å². The number of sulfonamides is 1. The summed E-state index contributed by atoms with van der Waals surface area (Å²) in [5.41, 5.74) is 1.74. The molecule has 8 nitrogen and oxygen atoms in total. The molecule has 1 saturated carbocycles. The van der Waals surface area contributed by atoms with Crippen molar-refractivity contribution in [1.29, 1.82) is 0 Å². The first-order chi connectivity index (χ1) is 20.5. The van der Waals surface area contributed by atoms with Crippen molar-refractivity contribution in [2.45, 2.75) is 69.5 Å². The quantitative estimate of drug-likeness (QED) is 0.261. The van der Waals surface area contributed by atoms with Crippen molar-refractivity contribution in [3.8, 4) is 5.75 Å².